The summed E-state index contributed by atoms with van der Waals surface area (Å²) in [6, 6.07) is 17.9. The van der Waals surface area contributed by atoms with E-state index >= 15 is 0 Å². The summed E-state index contributed by atoms with van der Waals surface area (Å²) in [5, 5.41) is 19.1. The monoisotopic (exact) mass is 316 g/mol. The normalized spacial score (nSPS) is 10.8. The van der Waals surface area contributed by atoms with Crippen LogP contribution in [0, 0.1) is 0 Å². The fourth-order valence-electron chi connectivity index (χ4n) is 1.73. The predicted octanol–water partition coefficient (Wildman–Crippen LogP) is 2.10. The minimum Gasteiger partial charge on any atom is -0.480 e. The Labute approximate surface area is 134 Å². The number of hydrogen-bond donors (Lipinski definition) is 4. The first-order chi connectivity index (χ1) is 11.0. The van der Waals surface area contributed by atoms with E-state index in [4.69, 9.17) is 15.9 Å². The molecule has 0 saturated carbocycles. The van der Waals surface area contributed by atoms with Crippen molar-refractivity contribution in [2.24, 2.45) is 5.73 Å². The van der Waals surface area contributed by atoms with E-state index in [0.29, 0.717) is 13.0 Å². The number of benzene rings is 2. The highest BCUT2D eigenvalue weighted by molar-refractivity contribution is 5.73. The molecule has 0 radical (unpaired) electrons. The zero-order valence-electron chi connectivity index (χ0n) is 12.6. The van der Waals surface area contributed by atoms with Gasteiger partial charge in [0.25, 0.3) is 0 Å². The molecule has 0 unspecified atom stereocenters. The first-order valence-electron chi connectivity index (χ1n) is 7.02. The van der Waals surface area contributed by atoms with E-state index in [-0.39, 0.29) is 0 Å². The average Bonchev–Trinajstić information content (AvgIpc) is 2.55. The summed E-state index contributed by atoms with van der Waals surface area (Å²) in [5.74, 6) is -0.959. The fourth-order valence-corrected chi connectivity index (χ4v) is 1.73. The third-order valence-corrected chi connectivity index (χ3v) is 2.90. The summed E-state index contributed by atoms with van der Waals surface area (Å²) in [6.07, 6.45) is -0.607. The molecule has 0 aliphatic heterocycles. The van der Waals surface area contributed by atoms with Crippen molar-refractivity contribution in [2.75, 3.05) is 0 Å². The molecular formula is C17H20N2O4. The molecule has 2 aromatic carbocycles. The van der Waals surface area contributed by atoms with Crippen LogP contribution in [0.1, 0.15) is 11.1 Å². The number of rotatable bonds is 5. The van der Waals surface area contributed by atoms with Crippen molar-refractivity contribution < 1.29 is 19.8 Å². The number of nitrogens with two attached hydrogens (primary N) is 1. The van der Waals surface area contributed by atoms with Crippen LogP contribution in [0.4, 0.5) is 4.79 Å². The van der Waals surface area contributed by atoms with E-state index in [1.807, 2.05) is 60.7 Å². The molecule has 0 bridgehead atoms. The van der Waals surface area contributed by atoms with Gasteiger partial charge >= 0.3 is 12.1 Å². The van der Waals surface area contributed by atoms with Gasteiger partial charge in [-0.3, -0.25) is 4.79 Å². The van der Waals surface area contributed by atoms with Crippen LogP contribution in [0.2, 0.25) is 0 Å². The van der Waals surface area contributed by atoms with Crippen LogP contribution in [0.15, 0.2) is 60.7 Å². The fraction of sp³-hybridized carbons (Fsp3) is 0.176. The van der Waals surface area contributed by atoms with Crippen molar-refractivity contribution in [1.82, 2.24) is 5.32 Å². The van der Waals surface area contributed by atoms with Crippen molar-refractivity contribution in [2.45, 2.75) is 19.0 Å². The van der Waals surface area contributed by atoms with Gasteiger partial charge in [-0.25, -0.2) is 4.79 Å². The van der Waals surface area contributed by atoms with Crippen molar-refractivity contribution in [3.63, 3.8) is 0 Å². The maximum absolute atomic E-state index is 10.4. The minimum atomic E-state index is -0.992. The minimum absolute atomic E-state index is 0.371. The number of amides is 1. The Morgan fingerprint density at radius 1 is 0.913 bits per heavy atom. The second-order valence-electron chi connectivity index (χ2n) is 4.78. The largest absolute Gasteiger partial charge is 0.480 e. The highest BCUT2D eigenvalue weighted by Crippen LogP contribution is 2.01. The van der Waals surface area contributed by atoms with Gasteiger partial charge in [-0.1, -0.05) is 60.7 Å². The molecule has 6 nitrogen and oxygen atoms in total. The van der Waals surface area contributed by atoms with Crippen LogP contribution < -0.4 is 11.1 Å². The number of carboxylic acids is 1. The van der Waals surface area contributed by atoms with Gasteiger partial charge in [0.2, 0.25) is 0 Å². The lowest BCUT2D eigenvalue weighted by Gasteiger charge is -2.04. The van der Waals surface area contributed by atoms with Crippen molar-refractivity contribution in [3.05, 3.63) is 71.8 Å². The molecular weight excluding hydrogens is 296 g/mol. The molecule has 1 amide bonds. The zero-order chi connectivity index (χ0) is 17.1. The summed E-state index contributed by atoms with van der Waals surface area (Å²) < 4.78 is 0. The summed E-state index contributed by atoms with van der Waals surface area (Å²) >= 11 is 0. The van der Waals surface area contributed by atoms with Gasteiger partial charge in [0, 0.05) is 6.54 Å². The maximum atomic E-state index is 10.4. The lowest BCUT2D eigenvalue weighted by molar-refractivity contribution is -0.138. The number of nitrogens with one attached hydrogen (secondary N) is 1. The van der Waals surface area contributed by atoms with E-state index in [1.54, 1.807) is 0 Å². The van der Waals surface area contributed by atoms with E-state index in [0.717, 1.165) is 11.1 Å². The third kappa shape index (κ3) is 8.23. The molecule has 6 heteroatoms. The summed E-state index contributed by atoms with van der Waals surface area (Å²) in [7, 11) is 0. The van der Waals surface area contributed by atoms with E-state index in [1.165, 1.54) is 0 Å². The molecule has 1 atom stereocenters. The molecule has 122 valence electrons. The van der Waals surface area contributed by atoms with Crippen LogP contribution in [-0.4, -0.2) is 28.3 Å². The molecule has 5 N–H and O–H groups in total. The molecule has 0 aliphatic carbocycles. The summed E-state index contributed by atoms with van der Waals surface area (Å²) in [4.78, 5) is 20.4. The van der Waals surface area contributed by atoms with Crippen molar-refractivity contribution in [3.8, 4) is 0 Å². The smallest absolute Gasteiger partial charge is 0.404 e. The van der Waals surface area contributed by atoms with Crippen LogP contribution >= 0.6 is 0 Å². The van der Waals surface area contributed by atoms with Crippen molar-refractivity contribution in [1.29, 1.82) is 0 Å². The number of hydrogen-bond acceptors (Lipinski definition) is 3. The highest BCUT2D eigenvalue weighted by Gasteiger charge is 2.10. The van der Waals surface area contributed by atoms with Crippen LogP contribution in [0.3, 0.4) is 0 Å². The molecule has 0 aliphatic rings. The van der Waals surface area contributed by atoms with Crippen molar-refractivity contribution >= 4 is 12.1 Å². The predicted molar refractivity (Wildman–Crippen MR) is 87.1 cm³/mol. The second-order valence-corrected chi connectivity index (χ2v) is 4.78. The highest BCUT2D eigenvalue weighted by atomic mass is 16.4. The first-order valence-corrected chi connectivity index (χ1v) is 7.02. The quantitative estimate of drug-likeness (QED) is 0.674. The molecule has 23 heavy (non-hydrogen) atoms. The Balaban J connectivity index is 0.000000231. The topological polar surface area (TPSA) is 113 Å². The number of carboxylic acid groups (broad SMARTS) is 2. The van der Waals surface area contributed by atoms with Gasteiger partial charge in [0.05, 0.1) is 0 Å². The molecule has 0 fully saturated rings. The lowest BCUT2D eigenvalue weighted by Crippen LogP contribution is -2.32. The molecule has 0 aromatic heterocycles. The molecule has 2 aromatic rings. The molecule has 2 rings (SSSR count). The van der Waals surface area contributed by atoms with E-state index in [9.17, 15) is 9.59 Å². The Morgan fingerprint density at radius 3 is 1.83 bits per heavy atom. The molecule has 0 heterocycles. The number of aliphatic carboxylic acids is 1. The first kappa shape index (κ1) is 18.2. The standard InChI is InChI=1S/C9H11NO2.C8H9NO2/c10-8(9(11)12)6-7-4-2-1-3-5-7;10-8(11)9-6-7-4-2-1-3-5-7/h1-5,8H,6,10H2,(H,11,12);1-5,9H,6H2,(H,10,11)/t8-;/m0./s1. The van der Waals surface area contributed by atoms with Gasteiger partial charge in [-0.2, -0.15) is 0 Å². The van der Waals surface area contributed by atoms with Gasteiger partial charge in [-0.15, -0.1) is 0 Å². The van der Waals surface area contributed by atoms with Gasteiger partial charge in [0.1, 0.15) is 6.04 Å². The van der Waals surface area contributed by atoms with Gasteiger partial charge in [0.15, 0.2) is 0 Å². The second kappa shape index (κ2) is 9.97. The van der Waals surface area contributed by atoms with Crippen LogP contribution in [0.25, 0.3) is 0 Å². The third-order valence-electron chi connectivity index (χ3n) is 2.90. The molecule has 0 saturated heterocycles. The Kier molecular flexibility index (Phi) is 7.88. The van der Waals surface area contributed by atoms with E-state index < -0.39 is 18.1 Å². The lowest BCUT2D eigenvalue weighted by atomic mass is 10.1. The summed E-state index contributed by atoms with van der Waals surface area (Å²) in [5.41, 5.74) is 7.27. The Hall–Kier alpha value is -2.86. The van der Waals surface area contributed by atoms with Gasteiger partial charge in [-0.05, 0) is 17.5 Å². The maximum Gasteiger partial charge on any atom is 0.404 e. The Bertz CT molecular complexity index is 603. The van der Waals surface area contributed by atoms with Crippen LogP contribution in [0.5, 0.6) is 0 Å². The SMILES string of the molecule is N[C@@H](Cc1ccccc1)C(=O)O.O=C(O)NCc1ccccc1. The van der Waals surface area contributed by atoms with Gasteiger partial charge < -0.3 is 21.3 Å². The number of carbonyl (C=O) groups is 2. The summed E-state index contributed by atoms with van der Waals surface area (Å²) in [6.45, 7) is 0.371. The molecule has 0 spiro atoms. The van der Waals surface area contributed by atoms with E-state index in [2.05, 4.69) is 5.32 Å². The average molecular weight is 316 g/mol. The zero-order valence-corrected chi connectivity index (χ0v) is 12.6. The Morgan fingerprint density at radius 2 is 1.39 bits per heavy atom. The van der Waals surface area contributed by atoms with Crippen LogP contribution in [-0.2, 0) is 17.8 Å².